The Labute approximate surface area is 195 Å². The van der Waals surface area contributed by atoms with E-state index in [4.69, 9.17) is 16.6 Å². The Kier molecular flexibility index (Phi) is 6.86. The molecule has 1 aliphatic carbocycles. The lowest BCUT2D eigenvalue weighted by atomic mass is 9.96. The normalized spacial score (nSPS) is 19.3. The maximum absolute atomic E-state index is 6.35. The van der Waals surface area contributed by atoms with Crippen molar-refractivity contribution in [2.75, 3.05) is 32.7 Å². The van der Waals surface area contributed by atoms with Crippen LogP contribution in [0.25, 0.3) is 0 Å². The minimum atomic E-state index is 0.233. The van der Waals surface area contributed by atoms with Crippen LogP contribution in [0.15, 0.2) is 49.1 Å². The van der Waals surface area contributed by atoms with Gasteiger partial charge in [-0.3, -0.25) is 9.88 Å². The average Bonchev–Trinajstić information content (AvgIpc) is 3.28. The van der Waals surface area contributed by atoms with Crippen molar-refractivity contribution >= 4 is 11.6 Å². The van der Waals surface area contributed by atoms with E-state index in [0.29, 0.717) is 0 Å². The molecule has 0 radical (unpaired) electrons. The molecule has 1 saturated heterocycles. The van der Waals surface area contributed by atoms with E-state index < -0.39 is 0 Å². The van der Waals surface area contributed by atoms with Crippen LogP contribution in [0.4, 0.5) is 0 Å². The van der Waals surface area contributed by atoms with Gasteiger partial charge >= 0.3 is 0 Å². The first-order valence-corrected chi connectivity index (χ1v) is 12.3. The first kappa shape index (κ1) is 21.6. The third-order valence-corrected chi connectivity index (χ3v) is 7.22. The SMILES string of the molecule is Clc1ccc2c(c1)CCc1cccnc1C2N1CCN(CCCCCc2c[nH]cn2)CC1. The van der Waals surface area contributed by atoms with Crippen molar-refractivity contribution in [3.8, 4) is 0 Å². The van der Waals surface area contributed by atoms with E-state index in [2.05, 4.69) is 44.0 Å². The highest BCUT2D eigenvalue weighted by Crippen LogP contribution is 2.37. The summed E-state index contributed by atoms with van der Waals surface area (Å²) in [4.78, 5) is 17.5. The quantitative estimate of drug-likeness (QED) is 0.532. The standard InChI is InChI=1S/C26H32ClN5/c27-22-9-10-24-21(17-22)8-7-20-5-4-11-29-25(20)26(24)32-15-13-31(14-16-32)12-3-1-2-6-23-18-28-19-30-23/h4-5,9-11,17-19,26H,1-3,6-8,12-16H2,(H,28,30). The highest BCUT2D eigenvalue weighted by Gasteiger charge is 2.32. The first-order valence-electron chi connectivity index (χ1n) is 11.9. The Hall–Kier alpha value is -2.21. The molecule has 3 heterocycles. The van der Waals surface area contributed by atoms with Gasteiger partial charge in [0.25, 0.3) is 0 Å². The number of H-pyrrole nitrogens is 1. The summed E-state index contributed by atoms with van der Waals surface area (Å²) in [5.41, 5.74) is 6.56. The lowest BCUT2D eigenvalue weighted by molar-refractivity contribution is 0.106. The summed E-state index contributed by atoms with van der Waals surface area (Å²) >= 11 is 6.35. The molecular formula is C26H32ClN5. The van der Waals surface area contributed by atoms with Gasteiger partial charge < -0.3 is 9.88 Å². The summed E-state index contributed by atoms with van der Waals surface area (Å²) in [6.45, 7) is 5.61. The Bertz CT molecular complexity index is 1010. The minimum Gasteiger partial charge on any atom is -0.351 e. The number of fused-ring (bicyclic) bond motifs is 2. The van der Waals surface area contributed by atoms with Gasteiger partial charge in [0.2, 0.25) is 0 Å². The minimum absolute atomic E-state index is 0.233. The molecule has 1 unspecified atom stereocenters. The monoisotopic (exact) mass is 449 g/mol. The van der Waals surface area contributed by atoms with Gasteiger partial charge in [-0.05, 0) is 73.5 Å². The molecule has 2 aromatic heterocycles. The number of hydrogen-bond acceptors (Lipinski definition) is 4. The van der Waals surface area contributed by atoms with Gasteiger partial charge in [-0.15, -0.1) is 0 Å². The average molecular weight is 450 g/mol. The lowest BCUT2D eigenvalue weighted by Crippen LogP contribution is -2.48. The third kappa shape index (κ3) is 4.90. The fourth-order valence-corrected chi connectivity index (χ4v) is 5.44. The summed E-state index contributed by atoms with van der Waals surface area (Å²) < 4.78 is 0. The molecule has 0 saturated carbocycles. The molecule has 1 N–H and O–H groups in total. The maximum atomic E-state index is 6.35. The smallest absolute Gasteiger partial charge is 0.0923 e. The van der Waals surface area contributed by atoms with Crippen LogP contribution in [0.3, 0.4) is 0 Å². The Balaban J connectivity index is 1.20. The number of unbranched alkanes of at least 4 members (excludes halogenated alkanes) is 2. The molecule has 1 fully saturated rings. The van der Waals surface area contributed by atoms with E-state index in [1.807, 2.05) is 18.5 Å². The predicted octanol–water partition coefficient (Wildman–Crippen LogP) is 4.68. The second kappa shape index (κ2) is 10.2. The predicted molar refractivity (Wildman–Crippen MR) is 129 cm³/mol. The second-order valence-electron chi connectivity index (χ2n) is 9.04. The molecule has 6 heteroatoms. The highest BCUT2D eigenvalue weighted by molar-refractivity contribution is 6.30. The van der Waals surface area contributed by atoms with Gasteiger partial charge in [-0.25, -0.2) is 4.98 Å². The number of halogens is 1. The zero-order valence-corrected chi connectivity index (χ0v) is 19.4. The van der Waals surface area contributed by atoms with E-state index in [1.54, 1.807) is 6.33 Å². The van der Waals surface area contributed by atoms with Gasteiger partial charge in [0.05, 0.1) is 23.8 Å². The summed E-state index contributed by atoms with van der Waals surface area (Å²) in [6, 6.07) is 11.0. The molecule has 0 bridgehead atoms. The first-order chi connectivity index (χ1) is 15.8. The summed E-state index contributed by atoms with van der Waals surface area (Å²) in [5.74, 6) is 0. The number of pyridine rings is 1. The van der Waals surface area contributed by atoms with Crippen LogP contribution in [0, 0.1) is 0 Å². The van der Waals surface area contributed by atoms with Gasteiger partial charge in [0, 0.05) is 43.6 Å². The highest BCUT2D eigenvalue weighted by atomic mass is 35.5. The molecule has 168 valence electrons. The molecule has 3 aromatic rings. The van der Waals surface area contributed by atoms with Gasteiger partial charge in [0.1, 0.15) is 0 Å². The van der Waals surface area contributed by atoms with Crippen molar-refractivity contribution < 1.29 is 0 Å². The number of aryl methyl sites for hydroxylation is 3. The fourth-order valence-electron chi connectivity index (χ4n) is 5.24. The number of rotatable bonds is 7. The summed E-state index contributed by atoms with van der Waals surface area (Å²) in [6.07, 6.45) is 12.6. The van der Waals surface area contributed by atoms with Crippen LogP contribution >= 0.6 is 11.6 Å². The number of hydrogen-bond donors (Lipinski definition) is 1. The molecular weight excluding hydrogens is 418 g/mol. The maximum Gasteiger partial charge on any atom is 0.0923 e. The van der Waals surface area contributed by atoms with Crippen LogP contribution < -0.4 is 0 Å². The molecule has 0 spiro atoms. The van der Waals surface area contributed by atoms with E-state index in [0.717, 1.165) is 50.5 Å². The molecule has 32 heavy (non-hydrogen) atoms. The number of imidazole rings is 1. The van der Waals surface area contributed by atoms with Crippen LogP contribution in [-0.4, -0.2) is 57.5 Å². The van der Waals surface area contributed by atoms with Crippen molar-refractivity contribution in [2.45, 2.75) is 44.6 Å². The van der Waals surface area contributed by atoms with E-state index in [-0.39, 0.29) is 6.04 Å². The number of aromatic amines is 1. The Morgan fingerprint density at radius 1 is 0.969 bits per heavy atom. The van der Waals surface area contributed by atoms with Crippen LogP contribution in [0.2, 0.25) is 5.02 Å². The van der Waals surface area contributed by atoms with Crippen molar-refractivity contribution in [1.82, 2.24) is 24.8 Å². The largest absolute Gasteiger partial charge is 0.351 e. The van der Waals surface area contributed by atoms with Crippen molar-refractivity contribution in [1.29, 1.82) is 0 Å². The molecule has 0 amide bonds. The zero-order chi connectivity index (χ0) is 21.8. The van der Waals surface area contributed by atoms with Crippen molar-refractivity contribution in [3.05, 3.63) is 82.2 Å². The molecule has 5 rings (SSSR count). The zero-order valence-electron chi connectivity index (χ0n) is 18.6. The van der Waals surface area contributed by atoms with Crippen LogP contribution in [0.5, 0.6) is 0 Å². The summed E-state index contributed by atoms with van der Waals surface area (Å²) in [7, 11) is 0. The van der Waals surface area contributed by atoms with Gasteiger partial charge in [0.15, 0.2) is 0 Å². The van der Waals surface area contributed by atoms with Gasteiger partial charge in [-0.1, -0.05) is 30.2 Å². The van der Waals surface area contributed by atoms with E-state index in [1.165, 1.54) is 53.9 Å². The van der Waals surface area contributed by atoms with E-state index in [9.17, 15) is 0 Å². The number of piperazine rings is 1. The molecule has 2 aliphatic rings. The summed E-state index contributed by atoms with van der Waals surface area (Å²) in [5, 5.41) is 0.832. The van der Waals surface area contributed by atoms with Crippen LogP contribution in [-0.2, 0) is 19.3 Å². The Morgan fingerprint density at radius 3 is 2.69 bits per heavy atom. The fraction of sp³-hybridized carbons (Fsp3) is 0.462. The van der Waals surface area contributed by atoms with Gasteiger partial charge in [-0.2, -0.15) is 0 Å². The molecule has 1 aromatic carbocycles. The molecule has 1 atom stereocenters. The van der Waals surface area contributed by atoms with Crippen molar-refractivity contribution in [2.24, 2.45) is 0 Å². The third-order valence-electron chi connectivity index (χ3n) is 6.98. The molecule has 1 aliphatic heterocycles. The van der Waals surface area contributed by atoms with Crippen molar-refractivity contribution in [3.63, 3.8) is 0 Å². The number of nitrogens with one attached hydrogen (secondary N) is 1. The van der Waals surface area contributed by atoms with Crippen LogP contribution in [0.1, 0.15) is 53.4 Å². The topological polar surface area (TPSA) is 48.1 Å². The number of aromatic nitrogens is 3. The second-order valence-corrected chi connectivity index (χ2v) is 9.48. The number of nitrogens with zero attached hydrogens (tertiary/aromatic N) is 4. The molecule has 5 nitrogen and oxygen atoms in total. The van der Waals surface area contributed by atoms with E-state index >= 15 is 0 Å². The Morgan fingerprint density at radius 2 is 1.84 bits per heavy atom. The lowest BCUT2D eigenvalue weighted by Gasteiger charge is -2.39. The number of benzene rings is 1.